The first-order chi connectivity index (χ1) is 9.49. The summed E-state index contributed by atoms with van der Waals surface area (Å²) >= 11 is 0. The number of hydrogen-bond donors (Lipinski definition) is 2. The van der Waals surface area contributed by atoms with Gasteiger partial charge in [-0.25, -0.2) is 0 Å². The second kappa shape index (κ2) is 6.61. The quantitative estimate of drug-likeness (QED) is 0.892. The lowest BCUT2D eigenvalue weighted by Gasteiger charge is -2.23. The van der Waals surface area contributed by atoms with Crippen molar-refractivity contribution in [3.8, 4) is 0 Å². The van der Waals surface area contributed by atoms with E-state index in [1.807, 2.05) is 24.3 Å². The van der Waals surface area contributed by atoms with Gasteiger partial charge >= 0.3 is 0 Å². The number of hydrogen-bond acceptors (Lipinski definition) is 2. The number of amides is 1. The standard InChI is InChI=1S/C18H30N2O/c1-17(2,3)11-15(19)12-20-16(21)13-7-9-14(10-8-13)18(4,5)6/h7-10,15H,11-12,19H2,1-6H3,(H,20,21). The molecule has 0 bridgehead atoms. The fourth-order valence-electron chi connectivity index (χ4n) is 2.31. The first-order valence-electron chi connectivity index (χ1n) is 7.63. The summed E-state index contributed by atoms with van der Waals surface area (Å²) in [6.07, 6.45) is 0.885. The molecule has 0 saturated heterocycles. The Morgan fingerprint density at radius 3 is 2.05 bits per heavy atom. The predicted octanol–water partition coefficient (Wildman–Crippen LogP) is 3.48. The first kappa shape index (κ1) is 17.7. The highest BCUT2D eigenvalue weighted by Gasteiger charge is 2.17. The molecule has 21 heavy (non-hydrogen) atoms. The van der Waals surface area contributed by atoms with Crippen molar-refractivity contribution in [3.63, 3.8) is 0 Å². The Bertz CT molecular complexity index is 463. The van der Waals surface area contributed by atoms with Crippen LogP contribution in [0, 0.1) is 5.41 Å². The fourth-order valence-corrected chi connectivity index (χ4v) is 2.31. The summed E-state index contributed by atoms with van der Waals surface area (Å²) in [6.45, 7) is 13.5. The third-order valence-electron chi connectivity index (χ3n) is 3.41. The van der Waals surface area contributed by atoms with Crippen LogP contribution in [-0.4, -0.2) is 18.5 Å². The maximum Gasteiger partial charge on any atom is 0.251 e. The number of rotatable bonds is 4. The van der Waals surface area contributed by atoms with E-state index in [0.29, 0.717) is 12.1 Å². The second-order valence-electron chi connectivity index (χ2n) is 8.06. The van der Waals surface area contributed by atoms with Crippen LogP contribution in [0.25, 0.3) is 0 Å². The second-order valence-corrected chi connectivity index (χ2v) is 8.06. The molecule has 0 fully saturated rings. The van der Waals surface area contributed by atoms with Crippen molar-refractivity contribution < 1.29 is 4.79 Å². The molecule has 1 unspecified atom stereocenters. The molecule has 1 aromatic rings. The van der Waals surface area contributed by atoms with Gasteiger partial charge in [0.2, 0.25) is 0 Å². The highest BCUT2D eigenvalue weighted by molar-refractivity contribution is 5.94. The average Bonchev–Trinajstić information content (AvgIpc) is 2.33. The normalized spacial score (nSPS) is 13.9. The van der Waals surface area contributed by atoms with Gasteiger partial charge in [0, 0.05) is 18.2 Å². The van der Waals surface area contributed by atoms with Crippen molar-refractivity contribution in [1.82, 2.24) is 5.32 Å². The van der Waals surface area contributed by atoms with E-state index in [-0.39, 0.29) is 22.8 Å². The van der Waals surface area contributed by atoms with Gasteiger partial charge < -0.3 is 11.1 Å². The lowest BCUT2D eigenvalue weighted by molar-refractivity contribution is 0.0948. The molecule has 118 valence electrons. The number of nitrogens with one attached hydrogen (secondary N) is 1. The van der Waals surface area contributed by atoms with Crippen molar-refractivity contribution in [3.05, 3.63) is 35.4 Å². The molecule has 0 aliphatic heterocycles. The Kier molecular flexibility index (Phi) is 5.57. The van der Waals surface area contributed by atoms with E-state index in [1.165, 1.54) is 5.56 Å². The SMILES string of the molecule is CC(C)(C)CC(N)CNC(=O)c1ccc(C(C)(C)C)cc1. The Balaban J connectivity index is 2.57. The van der Waals surface area contributed by atoms with Crippen LogP contribution in [0.1, 0.15) is 63.9 Å². The molecule has 1 aromatic carbocycles. The molecular weight excluding hydrogens is 260 g/mol. The van der Waals surface area contributed by atoms with Crippen molar-refractivity contribution in [2.45, 2.75) is 59.4 Å². The average molecular weight is 290 g/mol. The lowest BCUT2D eigenvalue weighted by Crippen LogP contribution is -2.39. The number of nitrogens with two attached hydrogens (primary N) is 1. The molecule has 0 spiro atoms. The van der Waals surface area contributed by atoms with E-state index in [2.05, 4.69) is 46.9 Å². The topological polar surface area (TPSA) is 55.1 Å². The minimum atomic E-state index is -0.0557. The van der Waals surface area contributed by atoms with E-state index in [9.17, 15) is 4.79 Å². The van der Waals surface area contributed by atoms with Crippen LogP contribution < -0.4 is 11.1 Å². The highest BCUT2D eigenvalue weighted by atomic mass is 16.1. The van der Waals surface area contributed by atoms with Crippen molar-refractivity contribution in [2.75, 3.05) is 6.54 Å². The number of benzene rings is 1. The summed E-state index contributed by atoms with van der Waals surface area (Å²) in [5.41, 5.74) is 8.24. The van der Waals surface area contributed by atoms with Crippen LogP contribution in [0.5, 0.6) is 0 Å². The Morgan fingerprint density at radius 1 is 1.10 bits per heavy atom. The summed E-state index contributed by atoms with van der Waals surface area (Å²) in [5.74, 6) is -0.0557. The van der Waals surface area contributed by atoms with Gasteiger partial charge in [0.25, 0.3) is 5.91 Å². The fraction of sp³-hybridized carbons (Fsp3) is 0.611. The molecule has 1 rings (SSSR count). The van der Waals surface area contributed by atoms with E-state index in [4.69, 9.17) is 5.73 Å². The summed E-state index contributed by atoms with van der Waals surface area (Å²) in [7, 11) is 0. The molecule has 1 amide bonds. The summed E-state index contributed by atoms with van der Waals surface area (Å²) in [5, 5.41) is 2.92. The highest BCUT2D eigenvalue weighted by Crippen LogP contribution is 2.22. The molecule has 0 aliphatic carbocycles. The van der Waals surface area contributed by atoms with Crippen LogP contribution in [-0.2, 0) is 5.41 Å². The van der Waals surface area contributed by atoms with Crippen molar-refractivity contribution in [2.24, 2.45) is 11.1 Å². The molecule has 0 heterocycles. The van der Waals surface area contributed by atoms with E-state index in [1.54, 1.807) is 0 Å². The van der Waals surface area contributed by atoms with E-state index < -0.39 is 0 Å². The minimum Gasteiger partial charge on any atom is -0.350 e. The maximum atomic E-state index is 12.1. The molecule has 0 radical (unpaired) electrons. The van der Waals surface area contributed by atoms with E-state index in [0.717, 1.165) is 6.42 Å². The van der Waals surface area contributed by atoms with Crippen LogP contribution >= 0.6 is 0 Å². The maximum absolute atomic E-state index is 12.1. The smallest absolute Gasteiger partial charge is 0.251 e. The monoisotopic (exact) mass is 290 g/mol. The number of carbonyl (C=O) groups excluding carboxylic acids is 1. The van der Waals surface area contributed by atoms with Gasteiger partial charge in [-0.3, -0.25) is 4.79 Å². The zero-order chi connectivity index (χ0) is 16.3. The Morgan fingerprint density at radius 2 is 1.62 bits per heavy atom. The zero-order valence-electron chi connectivity index (χ0n) is 14.3. The molecule has 1 atom stereocenters. The molecule has 3 N–H and O–H groups in total. The third-order valence-corrected chi connectivity index (χ3v) is 3.41. The van der Waals surface area contributed by atoms with Gasteiger partial charge in [0.05, 0.1) is 0 Å². The van der Waals surface area contributed by atoms with Crippen LogP contribution in [0.2, 0.25) is 0 Å². The summed E-state index contributed by atoms with van der Waals surface area (Å²) in [4.78, 5) is 12.1. The zero-order valence-corrected chi connectivity index (χ0v) is 14.3. The summed E-state index contributed by atoms with van der Waals surface area (Å²) < 4.78 is 0. The van der Waals surface area contributed by atoms with Gasteiger partial charge in [-0.15, -0.1) is 0 Å². The number of carbonyl (C=O) groups is 1. The molecular formula is C18H30N2O. The van der Waals surface area contributed by atoms with Crippen molar-refractivity contribution in [1.29, 1.82) is 0 Å². The molecule has 0 aromatic heterocycles. The first-order valence-corrected chi connectivity index (χ1v) is 7.63. The minimum absolute atomic E-state index is 0.0113. The van der Waals surface area contributed by atoms with Gasteiger partial charge in [-0.05, 0) is 34.9 Å². The van der Waals surface area contributed by atoms with E-state index >= 15 is 0 Å². The Labute approximate surface area is 129 Å². The molecule has 0 aliphatic rings. The Hall–Kier alpha value is -1.35. The van der Waals surface area contributed by atoms with Crippen LogP contribution in [0.3, 0.4) is 0 Å². The molecule has 0 saturated carbocycles. The largest absolute Gasteiger partial charge is 0.350 e. The third kappa shape index (κ3) is 6.30. The lowest BCUT2D eigenvalue weighted by atomic mass is 9.86. The summed E-state index contributed by atoms with van der Waals surface area (Å²) in [6, 6.07) is 7.78. The van der Waals surface area contributed by atoms with Gasteiger partial charge in [-0.2, -0.15) is 0 Å². The van der Waals surface area contributed by atoms with Crippen LogP contribution in [0.15, 0.2) is 24.3 Å². The van der Waals surface area contributed by atoms with Gasteiger partial charge in [0.1, 0.15) is 0 Å². The molecule has 3 nitrogen and oxygen atoms in total. The van der Waals surface area contributed by atoms with Crippen LogP contribution in [0.4, 0.5) is 0 Å². The van der Waals surface area contributed by atoms with Crippen molar-refractivity contribution >= 4 is 5.91 Å². The van der Waals surface area contributed by atoms with Gasteiger partial charge in [0.15, 0.2) is 0 Å². The predicted molar refractivity (Wildman–Crippen MR) is 89.5 cm³/mol. The van der Waals surface area contributed by atoms with Gasteiger partial charge in [-0.1, -0.05) is 53.7 Å². The molecule has 3 heteroatoms.